The van der Waals surface area contributed by atoms with Crippen molar-refractivity contribution in [3.8, 4) is 0 Å². The number of amides is 3. The molecule has 3 N–H and O–H groups in total. The van der Waals surface area contributed by atoms with E-state index in [1.54, 1.807) is 12.1 Å². The second-order valence-corrected chi connectivity index (χ2v) is 7.30. The highest BCUT2D eigenvalue weighted by Gasteiger charge is 2.35. The Kier molecular flexibility index (Phi) is 5.10. The SMILES string of the molecule is CC(C)(CN)NC(=O)c1ccc2c(c1)C(=O)N(CCc1ccccc1)C2=O. The van der Waals surface area contributed by atoms with E-state index in [0.29, 0.717) is 24.1 Å². The van der Waals surface area contributed by atoms with Crippen LogP contribution in [0.2, 0.25) is 0 Å². The molecule has 0 saturated carbocycles. The van der Waals surface area contributed by atoms with E-state index in [4.69, 9.17) is 5.73 Å². The van der Waals surface area contributed by atoms with Gasteiger partial charge in [0, 0.05) is 24.2 Å². The Morgan fingerprint density at radius 2 is 1.70 bits per heavy atom. The molecule has 0 atom stereocenters. The summed E-state index contributed by atoms with van der Waals surface area (Å²) in [6, 6.07) is 14.3. The molecule has 1 aliphatic heterocycles. The molecule has 0 saturated heterocycles. The molecular formula is C21H23N3O3. The monoisotopic (exact) mass is 365 g/mol. The van der Waals surface area contributed by atoms with Crippen LogP contribution in [0.15, 0.2) is 48.5 Å². The number of carbonyl (C=O) groups excluding carboxylic acids is 3. The van der Waals surface area contributed by atoms with Crippen molar-refractivity contribution in [2.45, 2.75) is 25.8 Å². The van der Waals surface area contributed by atoms with E-state index in [1.807, 2.05) is 44.2 Å². The summed E-state index contributed by atoms with van der Waals surface area (Å²) in [5.41, 5.74) is 7.08. The Morgan fingerprint density at radius 3 is 2.37 bits per heavy atom. The second-order valence-electron chi connectivity index (χ2n) is 7.30. The van der Waals surface area contributed by atoms with Gasteiger partial charge in [-0.2, -0.15) is 0 Å². The summed E-state index contributed by atoms with van der Waals surface area (Å²) < 4.78 is 0. The number of carbonyl (C=O) groups is 3. The van der Waals surface area contributed by atoms with Crippen molar-refractivity contribution >= 4 is 17.7 Å². The van der Waals surface area contributed by atoms with E-state index < -0.39 is 5.54 Å². The molecule has 2 aromatic carbocycles. The van der Waals surface area contributed by atoms with Crippen LogP contribution in [0.3, 0.4) is 0 Å². The zero-order valence-electron chi connectivity index (χ0n) is 15.5. The summed E-state index contributed by atoms with van der Waals surface area (Å²) in [6.45, 7) is 4.23. The zero-order chi connectivity index (χ0) is 19.6. The number of nitrogens with one attached hydrogen (secondary N) is 1. The summed E-state index contributed by atoms with van der Waals surface area (Å²) in [5, 5.41) is 2.82. The molecule has 0 aliphatic carbocycles. The van der Waals surface area contributed by atoms with Crippen molar-refractivity contribution in [3.63, 3.8) is 0 Å². The van der Waals surface area contributed by atoms with Crippen LogP contribution < -0.4 is 11.1 Å². The van der Waals surface area contributed by atoms with Gasteiger partial charge in [-0.25, -0.2) is 0 Å². The van der Waals surface area contributed by atoms with Gasteiger partial charge < -0.3 is 11.1 Å². The molecule has 2 aromatic rings. The highest BCUT2D eigenvalue weighted by Crippen LogP contribution is 2.24. The van der Waals surface area contributed by atoms with Crippen LogP contribution in [0.5, 0.6) is 0 Å². The number of hydrogen-bond acceptors (Lipinski definition) is 4. The minimum atomic E-state index is -0.558. The Hall–Kier alpha value is -2.99. The lowest BCUT2D eigenvalue weighted by Crippen LogP contribution is -2.48. The van der Waals surface area contributed by atoms with E-state index in [1.165, 1.54) is 11.0 Å². The van der Waals surface area contributed by atoms with Crippen LogP contribution in [0.4, 0.5) is 0 Å². The Balaban J connectivity index is 1.77. The average molecular weight is 365 g/mol. The Morgan fingerprint density at radius 1 is 1.04 bits per heavy atom. The smallest absolute Gasteiger partial charge is 0.261 e. The molecule has 0 bridgehead atoms. The van der Waals surface area contributed by atoms with Gasteiger partial charge in [0.1, 0.15) is 0 Å². The minimum absolute atomic E-state index is 0.270. The predicted octanol–water partition coefficient (Wildman–Crippen LogP) is 1.99. The third kappa shape index (κ3) is 3.90. The van der Waals surface area contributed by atoms with Gasteiger partial charge in [0.25, 0.3) is 17.7 Å². The summed E-state index contributed by atoms with van der Waals surface area (Å²) in [4.78, 5) is 38.9. The highest BCUT2D eigenvalue weighted by molar-refractivity contribution is 6.22. The van der Waals surface area contributed by atoms with Gasteiger partial charge >= 0.3 is 0 Å². The van der Waals surface area contributed by atoms with Crippen molar-refractivity contribution < 1.29 is 14.4 Å². The van der Waals surface area contributed by atoms with Crippen LogP contribution in [-0.4, -0.2) is 41.2 Å². The maximum absolute atomic E-state index is 12.7. The third-order valence-electron chi connectivity index (χ3n) is 4.66. The topological polar surface area (TPSA) is 92.5 Å². The normalized spacial score (nSPS) is 13.7. The first-order valence-corrected chi connectivity index (χ1v) is 8.89. The lowest BCUT2D eigenvalue weighted by Gasteiger charge is -2.24. The molecule has 0 spiro atoms. The van der Waals surface area contributed by atoms with Crippen molar-refractivity contribution in [2.24, 2.45) is 5.73 Å². The Bertz CT molecular complexity index is 891. The van der Waals surface area contributed by atoms with E-state index in [9.17, 15) is 14.4 Å². The fourth-order valence-corrected chi connectivity index (χ4v) is 2.95. The maximum atomic E-state index is 12.7. The van der Waals surface area contributed by atoms with E-state index in [0.717, 1.165) is 5.56 Å². The number of nitrogens with zero attached hydrogens (tertiary/aromatic N) is 1. The second kappa shape index (κ2) is 7.32. The third-order valence-corrected chi connectivity index (χ3v) is 4.66. The first-order valence-electron chi connectivity index (χ1n) is 8.89. The molecule has 6 heteroatoms. The first-order chi connectivity index (χ1) is 12.8. The van der Waals surface area contributed by atoms with Crippen molar-refractivity contribution in [2.75, 3.05) is 13.1 Å². The van der Waals surface area contributed by atoms with Gasteiger partial charge in [0.15, 0.2) is 0 Å². The number of imide groups is 1. The summed E-state index contributed by atoms with van der Waals surface area (Å²) in [5.74, 6) is -1.00. The van der Waals surface area contributed by atoms with E-state index in [-0.39, 0.29) is 29.8 Å². The largest absolute Gasteiger partial charge is 0.346 e. The molecule has 3 amide bonds. The summed E-state index contributed by atoms with van der Waals surface area (Å²) in [6.07, 6.45) is 0.588. The number of fused-ring (bicyclic) bond motifs is 1. The van der Waals surface area contributed by atoms with Crippen molar-refractivity contribution in [1.82, 2.24) is 10.2 Å². The van der Waals surface area contributed by atoms with Crippen LogP contribution in [-0.2, 0) is 6.42 Å². The van der Waals surface area contributed by atoms with Crippen LogP contribution in [0, 0.1) is 0 Å². The van der Waals surface area contributed by atoms with Crippen molar-refractivity contribution in [1.29, 1.82) is 0 Å². The molecule has 6 nitrogen and oxygen atoms in total. The van der Waals surface area contributed by atoms with E-state index in [2.05, 4.69) is 5.32 Å². The lowest BCUT2D eigenvalue weighted by atomic mass is 10.0. The standard InChI is InChI=1S/C21H23N3O3/c1-21(2,13-22)23-18(25)15-8-9-16-17(12-15)20(27)24(19(16)26)11-10-14-6-4-3-5-7-14/h3-9,12H,10-11,13,22H2,1-2H3,(H,23,25). The number of benzene rings is 2. The van der Waals surface area contributed by atoms with Gasteiger partial charge in [-0.15, -0.1) is 0 Å². The molecule has 0 unspecified atom stereocenters. The van der Waals surface area contributed by atoms with Gasteiger partial charge in [-0.3, -0.25) is 19.3 Å². The molecule has 3 rings (SSSR count). The molecule has 27 heavy (non-hydrogen) atoms. The molecule has 1 aliphatic rings. The van der Waals surface area contributed by atoms with Crippen LogP contribution in [0.1, 0.15) is 50.5 Å². The van der Waals surface area contributed by atoms with Gasteiger partial charge in [0.2, 0.25) is 0 Å². The fraction of sp³-hybridized carbons (Fsp3) is 0.286. The number of rotatable bonds is 6. The maximum Gasteiger partial charge on any atom is 0.261 e. The van der Waals surface area contributed by atoms with Crippen LogP contribution >= 0.6 is 0 Å². The molecule has 1 heterocycles. The first kappa shape index (κ1) is 18.8. The average Bonchev–Trinajstić information content (AvgIpc) is 2.90. The molecule has 140 valence electrons. The molecule has 0 fully saturated rings. The van der Waals surface area contributed by atoms with Crippen molar-refractivity contribution in [3.05, 3.63) is 70.8 Å². The molecule has 0 radical (unpaired) electrons. The fourth-order valence-electron chi connectivity index (χ4n) is 2.95. The predicted molar refractivity (Wildman–Crippen MR) is 103 cm³/mol. The van der Waals surface area contributed by atoms with Crippen LogP contribution in [0.25, 0.3) is 0 Å². The number of nitrogens with two attached hydrogens (primary N) is 1. The Labute approximate surface area is 158 Å². The summed E-state index contributed by atoms with van der Waals surface area (Å²) in [7, 11) is 0. The number of hydrogen-bond donors (Lipinski definition) is 2. The van der Waals surface area contributed by atoms with Gasteiger partial charge in [0.05, 0.1) is 11.1 Å². The quantitative estimate of drug-likeness (QED) is 0.766. The summed E-state index contributed by atoms with van der Waals surface area (Å²) >= 11 is 0. The highest BCUT2D eigenvalue weighted by atomic mass is 16.2. The van der Waals surface area contributed by atoms with E-state index >= 15 is 0 Å². The molecular weight excluding hydrogens is 342 g/mol. The zero-order valence-corrected chi connectivity index (χ0v) is 15.5. The molecule has 0 aromatic heterocycles. The van der Waals surface area contributed by atoms with Gasteiger partial charge in [-0.05, 0) is 44.0 Å². The lowest BCUT2D eigenvalue weighted by molar-refractivity contribution is 0.0656. The van der Waals surface area contributed by atoms with Gasteiger partial charge in [-0.1, -0.05) is 30.3 Å². The minimum Gasteiger partial charge on any atom is -0.346 e.